The number of hydrogen-bond donors (Lipinski definition) is 2. The molecule has 1 saturated heterocycles. The highest BCUT2D eigenvalue weighted by atomic mass is 16.5. The number of aryl methyl sites for hydroxylation is 1. The lowest BCUT2D eigenvalue weighted by Crippen LogP contribution is -2.33. The molecule has 0 aliphatic carbocycles. The van der Waals surface area contributed by atoms with E-state index in [2.05, 4.69) is 15.7 Å². The quantitative estimate of drug-likeness (QED) is 0.865. The van der Waals surface area contributed by atoms with Crippen molar-refractivity contribution in [2.75, 3.05) is 20.2 Å². The van der Waals surface area contributed by atoms with E-state index >= 15 is 0 Å². The Morgan fingerprint density at radius 2 is 2.17 bits per heavy atom. The van der Waals surface area contributed by atoms with Gasteiger partial charge in [-0.25, -0.2) is 0 Å². The number of ether oxygens (including phenoxy) is 1. The maximum absolute atomic E-state index is 12.5. The molecule has 2 aromatic rings. The second-order valence-electron chi connectivity index (χ2n) is 5.88. The molecule has 3 rings (SSSR count). The van der Waals surface area contributed by atoms with Gasteiger partial charge in [0.15, 0.2) is 0 Å². The Bertz CT molecular complexity index is 665. The summed E-state index contributed by atoms with van der Waals surface area (Å²) in [6.45, 7) is 2.04. The Labute approximate surface area is 135 Å². The van der Waals surface area contributed by atoms with Crippen LogP contribution in [0.3, 0.4) is 0 Å². The molecule has 23 heavy (non-hydrogen) atoms. The zero-order valence-electron chi connectivity index (χ0n) is 13.5. The van der Waals surface area contributed by atoms with Gasteiger partial charge in [0.05, 0.1) is 19.2 Å². The number of methoxy groups -OCH3 is 1. The van der Waals surface area contributed by atoms with E-state index in [9.17, 15) is 4.79 Å². The minimum absolute atomic E-state index is 0.0579. The van der Waals surface area contributed by atoms with Gasteiger partial charge in [-0.3, -0.25) is 9.48 Å². The fraction of sp³-hybridized carbons (Fsp3) is 0.412. The molecule has 0 radical (unpaired) electrons. The van der Waals surface area contributed by atoms with E-state index in [4.69, 9.17) is 4.74 Å². The van der Waals surface area contributed by atoms with Crippen LogP contribution in [-0.4, -0.2) is 35.9 Å². The van der Waals surface area contributed by atoms with Crippen molar-refractivity contribution in [2.45, 2.75) is 12.5 Å². The number of carbonyl (C=O) groups is 1. The van der Waals surface area contributed by atoms with E-state index in [0.29, 0.717) is 13.1 Å². The molecule has 0 bridgehead atoms. The van der Waals surface area contributed by atoms with Crippen LogP contribution < -0.4 is 15.4 Å². The van der Waals surface area contributed by atoms with Crippen molar-refractivity contribution < 1.29 is 9.53 Å². The number of aromatic nitrogens is 2. The van der Waals surface area contributed by atoms with Crippen molar-refractivity contribution >= 4 is 5.91 Å². The number of amides is 1. The summed E-state index contributed by atoms with van der Waals surface area (Å²) in [5.74, 6) is 1.02. The second-order valence-corrected chi connectivity index (χ2v) is 5.88. The lowest BCUT2D eigenvalue weighted by atomic mass is 9.90. The Balaban J connectivity index is 1.60. The minimum Gasteiger partial charge on any atom is -0.497 e. The normalized spacial score (nSPS) is 20.4. The van der Waals surface area contributed by atoms with Crippen LogP contribution in [0, 0.1) is 5.92 Å². The maximum atomic E-state index is 12.5. The molecule has 1 aromatic carbocycles. The molecule has 2 heterocycles. The molecule has 1 fully saturated rings. The summed E-state index contributed by atoms with van der Waals surface area (Å²) < 4.78 is 6.92. The van der Waals surface area contributed by atoms with Gasteiger partial charge in [-0.2, -0.15) is 5.10 Å². The fourth-order valence-corrected chi connectivity index (χ4v) is 3.00. The van der Waals surface area contributed by atoms with Crippen molar-refractivity contribution in [3.05, 3.63) is 47.8 Å². The minimum atomic E-state index is -0.0579. The van der Waals surface area contributed by atoms with Crippen molar-refractivity contribution in [3.8, 4) is 5.75 Å². The number of nitrogens with one attached hydrogen (secondary N) is 2. The first kappa shape index (κ1) is 15.6. The number of carbonyl (C=O) groups excluding carboxylic acids is 1. The van der Waals surface area contributed by atoms with E-state index < -0.39 is 0 Å². The third kappa shape index (κ3) is 3.53. The Kier molecular flexibility index (Phi) is 4.62. The molecule has 1 aliphatic heterocycles. The third-order valence-electron chi connectivity index (χ3n) is 4.33. The average molecular weight is 314 g/mol. The lowest BCUT2D eigenvalue weighted by Gasteiger charge is -2.17. The standard InChI is InChI=1S/C17H22N4O2/c1-21-11-13(8-20-21)15-9-18-10-16(15)17(22)19-7-12-3-5-14(23-2)6-4-12/h3-6,8,11,15-16,18H,7,9-10H2,1-2H3,(H,19,22)/t15-,16+/m1/s1. The van der Waals surface area contributed by atoms with Crippen molar-refractivity contribution in [1.82, 2.24) is 20.4 Å². The molecule has 0 unspecified atom stereocenters. The maximum Gasteiger partial charge on any atom is 0.225 e. The fourth-order valence-electron chi connectivity index (χ4n) is 3.00. The van der Waals surface area contributed by atoms with E-state index in [1.54, 1.807) is 11.8 Å². The van der Waals surface area contributed by atoms with Crippen LogP contribution in [0.2, 0.25) is 0 Å². The Morgan fingerprint density at radius 1 is 1.39 bits per heavy atom. The highest BCUT2D eigenvalue weighted by Gasteiger charge is 2.34. The van der Waals surface area contributed by atoms with Crippen LogP contribution in [0.25, 0.3) is 0 Å². The molecule has 1 amide bonds. The second kappa shape index (κ2) is 6.83. The first-order valence-electron chi connectivity index (χ1n) is 7.77. The summed E-state index contributed by atoms with van der Waals surface area (Å²) in [6, 6.07) is 7.73. The van der Waals surface area contributed by atoms with E-state index in [1.165, 1.54) is 0 Å². The molecular formula is C17H22N4O2. The first-order chi connectivity index (χ1) is 11.2. The molecule has 0 spiro atoms. The molecule has 1 aliphatic rings. The van der Waals surface area contributed by atoms with Crippen LogP contribution in [0.5, 0.6) is 5.75 Å². The molecule has 2 atom stereocenters. The summed E-state index contributed by atoms with van der Waals surface area (Å²) in [6.07, 6.45) is 3.84. The lowest BCUT2D eigenvalue weighted by molar-refractivity contribution is -0.125. The van der Waals surface area contributed by atoms with Crippen LogP contribution in [0.4, 0.5) is 0 Å². The topological polar surface area (TPSA) is 68.2 Å². The van der Waals surface area contributed by atoms with Gasteiger partial charge in [-0.05, 0) is 23.3 Å². The molecule has 6 heteroatoms. The third-order valence-corrected chi connectivity index (χ3v) is 4.33. The number of rotatable bonds is 5. The van der Waals surface area contributed by atoms with Gasteiger partial charge in [0.1, 0.15) is 5.75 Å². The van der Waals surface area contributed by atoms with Gasteiger partial charge in [0.2, 0.25) is 5.91 Å². The molecule has 122 valence electrons. The summed E-state index contributed by atoms with van der Waals surface area (Å²) in [5, 5.41) is 10.6. The largest absolute Gasteiger partial charge is 0.497 e. The average Bonchev–Trinajstić information content (AvgIpc) is 3.21. The van der Waals surface area contributed by atoms with Crippen molar-refractivity contribution in [1.29, 1.82) is 0 Å². The predicted octanol–water partition coefficient (Wildman–Crippen LogP) is 1.05. The van der Waals surface area contributed by atoms with Gasteiger partial charge < -0.3 is 15.4 Å². The molecule has 0 saturated carbocycles. The smallest absolute Gasteiger partial charge is 0.225 e. The van der Waals surface area contributed by atoms with Gasteiger partial charge in [0, 0.05) is 38.8 Å². The first-order valence-corrected chi connectivity index (χ1v) is 7.77. The van der Waals surface area contributed by atoms with Gasteiger partial charge in [0.25, 0.3) is 0 Å². The molecular weight excluding hydrogens is 292 g/mol. The van der Waals surface area contributed by atoms with E-state index in [0.717, 1.165) is 23.4 Å². The van der Waals surface area contributed by atoms with Crippen LogP contribution in [0.15, 0.2) is 36.7 Å². The summed E-state index contributed by atoms with van der Waals surface area (Å²) in [5.41, 5.74) is 2.17. The van der Waals surface area contributed by atoms with Gasteiger partial charge in [-0.1, -0.05) is 12.1 Å². The number of hydrogen-bond acceptors (Lipinski definition) is 4. The van der Waals surface area contributed by atoms with Crippen LogP contribution in [-0.2, 0) is 18.4 Å². The van der Waals surface area contributed by atoms with E-state index in [1.807, 2.05) is 43.7 Å². The molecule has 6 nitrogen and oxygen atoms in total. The van der Waals surface area contributed by atoms with E-state index in [-0.39, 0.29) is 17.7 Å². The summed E-state index contributed by atoms with van der Waals surface area (Å²) in [4.78, 5) is 12.5. The van der Waals surface area contributed by atoms with Crippen molar-refractivity contribution in [3.63, 3.8) is 0 Å². The summed E-state index contributed by atoms with van der Waals surface area (Å²) in [7, 11) is 3.53. The highest BCUT2D eigenvalue weighted by Crippen LogP contribution is 2.28. The molecule has 2 N–H and O–H groups in total. The van der Waals surface area contributed by atoms with Gasteiger partial charge in [-0.15, -0.1) is 0 Å². The number of nitrogens with zero attached hydrogens (tertiary/aromatic N) is 2. The number of benzene rings is 1. The van der Waals surface area contributed by atoms with Crippen LogP contribution in [0.1, 0.15) is 17.0 Å². The summed E-state index contributed by atoms with van der Waals surface area (Å²) >= 11 is 0. The van der Waals surface area contributed by atoms with Gasteiger partial charge >= 0.3 is 0 Å². The van der Waals surface area contributed by atoms with Crippen LogP contribution >= 0.6 is 0 Å². The Morgan fingerprint density at radius 3 is 2.83 bits per heavy atom. The van der Waals surface area contributed by atoms with Crippen molar-refractivity contribution in [2.24, 2.45) is 13.0 Å². The molecule has 1 aromatic heterocycles. The zero-order chi connectivity index (χ0) is 16.2. The monoisotopic (exact) mass is 314 g/mol. The zero-order valence-corrected chi connectivity index (χ0v) is 13.5. The Hall–Kier alpha value is -2.34. The SMILES string of the molecule is COc1ccc(CNC(=O)[C@H]2CNC[C@@H]2c2cnn(C)c2)cc1. The highest BCUT2D eigenvalue weighted by molar-refractivity contribution is 5.80. The predicted molar refractivity (Wildman–Crippen MR) is 87.1 cm³/mol.